The molecule has 0 amide bonds. The summed E-state index contributed by atoms with van der Waals surface area (Å²) in [4.78, 5) is 10.5. The second kappa shape index (κ2) is 11.0. The lowest BCUT2D eigenvalue weighted by molar-refractivity contribution is 0.360. The molecule has 6 nitrogen and oxygen atoms in total. The minimum Gasteiger partial charge on any atom is -0.455 e. The Kier molecular flexibility index (Phi) is 5.96. The molecule has 0 spiro atoms. The molecule has 0 unspecified atom stereocenters. The summed E-state index contributed by atoms with van der Waals surface area (Å²) in [5.41, 5.74) is 8.43. The molecule has 11 aromatic rings. The smallest absolute Gasteiger partial charge is 0.235 e. The zero-order valence-corrected chi connectivity index (χ0v) is 28.7. The van der Waals surface area contributed by atoms with Gasteiger partial charge in [-0.1, -0.05) is 103 Å². The number of benzene rings is 8. The molecular formula is C48H27N3O3. The number of fused-ring (bicyclic) bond motifs is 10. The highest BCUT2D eigenvalue weighted by Gasteiger charge is 2.23. The van der Waals surface area contributed by atoms with Crippen LogP contribution >= 0.6 is 0 Å². The predicted octanol–water partition coefficient (Wildman–Crippen LogP) is 13.0. The van der Waals surface area contributed by atoms with Gasteiger partial charge in [0, 0.05) is 32.5 Å². The van der Waals surface area contributed by atoms with Gasteiger partial charge in [0.05, 0.1) is 22.2 Å². The fraction of sp³-hybridized carbons (Fsp3) is 0. The average molecular weight is 694 g/mol. The molecule has 3 aromatic heterocycles. The quantitative estimate of drug-likeness (QED) is 0.184. The number of nitrogens with zero attached hydrogens (tertiary/aromatic N) is 3. The molecule has 4 heterocycles. The van der Waals surface area contributed by atoms with Gasteiger partial charge < -0.3 is 13.9 Å². The van der Waals surface area contributed by atoms with Crippen LogP contribution in [-0.2, 0) is 0 Å². The van der Waals surface area contributed by atoms with E-state index in [4.69, 9.17) is 23.9 Å². The summed E-state index contributed by atoms with van der Waals surface area (Å²) in [5.74, 6) is 3.41. The molecule has 0 atom stereocenters. The fourth-order valence-corrected chi connectivity index (χ4v) is 8.12. The number of hydrogen-bond donors (Lipinski definition) is 0. The van der Waals surface area contributed by atoms with Gasteiger partial charge in [0.15, 0.2) is 23.0 Å². The van der Waals surface area contributed by atoms with E-state index in [2.05, 4.69) is 108 Å². The molecule has 0 N–H and O–H groups in total. The van der Waals surface area contributed by atoms with E-state index in [-0.39, 0.29) is 0 Å². The van der Waals surface area contributed by atoms with Crippen LogP contribution in [0.4, 0.5) is 0 Å². The van der Waals surface area contributed by atoms with Gasteiger partial charge in [-0.3, -0.25) is 4.57 Å². The molecule has 54 heavy (non-hydrogen) atoms. The van der Waals surface area contributed by atoms with Gasteiger partial charge in [-0.15, -0.1) is 0 Å². The summed E-state index contributed by atoms with van der Waals surface area (Å²) in [6, 6.07) is 56.1. The Morgan fingerprint density at radius 2 is 1.07 bits per heavy atom. The van der Waals surface area contributed by atoms with Crippen LogP contribution in [0.25, 0.3) is 93.8 Å². The minimum atomic E-state index is 0.598. The first-order valence-electron chi connectivity index (χ1n) is 18.0. The Bertz CT molecular complexity index is 3360. The summed E-state index contributed by atoms with van der Waals surface area (Å²) >= 11 is 0. The van der Waals surface area contributed by atoms with E-state index in [9.17, 15) is 0 Å². The Hall–Kier alpha value is -7.44. The van der Waals surface area contributed by atoms with Gasteiger partial charge in [0.1, 0.15) is 11.2 Å². The van der Waals surface area contributed by atoms with Gasteiger partial charge in [0.2, 0.25) is 5.95 Å². The van der Waals surface area contributed by atoms with E-state index in [0.29, 0.717) is 23.2 Å². The summed E-state index contributed by atoms with van der Waals surface area (Å²) < 4.78 is 21.4. The Balaban J connectivity index is 1.01. The highest BCUT2D eigenvalue weighted by molar-refractivity contribution is 6.12. The number of hydrogen-bond acceptors (Lipinski definition) is 5. The molecule has 6 heteroatoms. The number of aromatic nitrogens is 3. The average Bonchev–Trinajstić information content (AvgIpc) is 3.77. The van der Waals surface area contributed by atoms with Gasteiger partial charge >= 0.3 is 0 Å². The first-order valence-corrected chi connectivity index (χ1v) is 18.0. The maximum atomic E-state index is 6.50. The van der Waals surface area contributed by atoms with E-state index in [0.717, 1.165) is 93.6 Å². The number of ether oxygens (including phenoxy) is 2. The lowest BCUT2D eigenvalue weighted by Gasteiger charge is -2.22. The normalized spacial score (nSPS) is 12.4. The molecule has 0 saturated heterocycles. The van der Waals surface area contributed by atoms with Crippen molar-refractivity contribution in [3.63, 3.8) is 0 Å². The summed E-state index contributed by atoms with van der Waals surface area (Å²) in [6.45, 7) is 0. The van der Waals surface area contributed by atoms with Gasteiger partial charge in [-0.05, 0) is 82.6 Å². The van der Waals surface area contributed by atoms with E-state index in [1.54, 1.807) is 0 Å². The van der Waals surface area contributed by atoms with E-state index in [1.165, 1.54) is 0 Å². The summed E-state index contributed by atoms with van der Waals surface area (Å²) in [6.07, 6.45) is 0. The molecule has 8 aromatic carbocycles. The van der Waals surface area contributed by atoms with Crippen molar-refractivity contribution in [2.75, 3.05) is 0 Å². The summed E-state index contributed by atoms with van der Waals surface area (Å²) in [5, 5.41) is 7.55. The van der Waals surface area contributed by atoms with Crippen molar-refractivity contribution in [2.24, 2.45) is 0 Å². The van der Waals surface area contributed by atoms with E-state index < -0.39 is 0 Å². The molecule has 0 radical (unpaired) electrons. The Morgan fingerprint density at radius 3 is 1.94 bits per heavy atom. The van der Waals surface area contributed by atoms with Crippen molar-refractivity contribution in [1.29, 1.82) is 0 Å². The molecule has 1 aliphatic rings. The molecular weight excluding hydrogens is 667 g/mol. The van der Waals surface area contributed by atoms with Crippen molar-refractivity contribution in [3.05, 3.63) is 164 Å². The molecule has 252 valence electrons. The van der Waals surface area contributed by atoms with Gasteiger partial charge in [0.25, 0.3) is 0 Å². The topological polar surface area (TPSA) is 62.3 Å². The Morgan fingerprint density at radius 1 is 0.426 bits per heavy atom. The molecule has 1 aliphatic heterocycles. The van der Waals surface area contributed by atoms with E-state index >= 15 is 0 Å². The van der Waals surface area contributed by atoms with Crippen LogP contribution in [0.1, 0.15) is 0 Å². The third-order valence-electron chi connectivity index (χ3n) is 10.7. The lowest BCUT2D eigenvalue weighted by atomic mass is 10.0. The fourth-order valence-electron chi connectivity index (χ4n) is 8.12. The molecule has 0 saturated carbocycles. The molecule has 0 aliphatic carbocycles. The van der Waals surface area contributed by atoms with Crippen molar-refractivity contribution < 1.29 is 13.9 Å². The predicted molar refractivity (Wildman–Crippen MR) is 216 cm³/mol. The van der Waals surface area contributed by atoms with E-state index in [1.807, 2.05) is 60.7 Å². The van der Waals surface area contributed by atoms with Crippen LogP contribution in [0.3, 0.4) is 0 Å². The van der Waals surface area contributed by atoms with Crippen LogP contribution in [0.2, 0.25) is 0 Å². The third-order valence-corrected chi connectivity index (χ3v) is 10.7. The number of rotatable bonds is 3. The van der Waals surface area contributed by atoms with Crippen LogP contribution in [0.15, 0.2) is 168 Å². The van der Waals surface area contributed by atoms with Crippen LogP contribution in [-0.4, -0.2) is 14.5 Å². The van der Waals surface area contributed by atoms with Crippen LogP contribution in [0, 0.1) is 0 Å². The number of para-hydroxylation sites is 4. The SMILES string of the molecule is c1ccc2cc3c(cc2c1)Oc1ccc(-c2ccc4c(c2)c2ccccc2n4-c2nc(-c4cccc5c4oc4ccccc45)c4ccccc4n2)cc1O3. The Labute approximate surface area is 308 Å². The second-order valence-electron chi connectivity index (χ2n) is 13.8. The second-order valence-corrected chi connectivity index (χ2v) is 13.8. The lowest BCUT2D eigenvalue weighted by Crippen LogP contribution is -2.03. The highest BCUT2D eigenvalue weighted by Crippen LogP contribution is 2.48. The highest BCUT2D eigenvalue weighted by atomic mass is 16.6. The maximum absolute atomic E-state index is 6.50. The van der Waals surface area contributed by atoms with Crippen molar-refractivity contribution >= 4 is 65.4 Å². The zero-order chi connectivity index (χ0) is 35.3. The van der Waals surface area contributed by atoms with Crippen molar-refractivity contribution in [3.8, 4) is 51.3 Å². The minimum absolute atomic E-state index is 0.598. The van der Waals surface area contributed by atoms with Gasteiger partial charge in [-0.25, -0.2) is 9.97 Å². The molecule has 0 bridgehead atoms. The van der Waals surface area contributed by atoms with Crippen molar-refractivity contribution in [1.82, 2.24) is 14.5 Å². The number of furan rings is 1. The molecule has 0 fully saturated rings. The molecule has 12 rings (SSSR count). The first kappa shape index (κ1) is 29.2. The summed E-state index contributed by atoms with van der Waals surface area (Å²) in [7, 11) is 0. The maximum Gasteiger partial charge on any atom is 0.235 e. The first-order chi connectivity index (χ1) is 26.7. The standard InChI is InChI=1S/C48H27N3O3/c1-2-11-29-26-45-44(25-28(29)10-1)52-42-23-21-31(27-43(42)53-45)30-20-22-40-37(24-30)32-12-4-7-18-39(32)51(40)48-49-38-17-6-3-14-35(38)46(50-48)36-16-9-15-34-33-13-5-8-19-41(33)54-47(34)36/h1-27H. The third kappa shape index (κ3) is 4.28. The zero-order valence-electron chi connectivity index (χ0n) is 28.7. The largest absolute Gasteiger partial charge is 0.455 e. The van der Waals surface area contributed by atoms with Crippen LogP contribution < -0.4 is 9.47 Å². The van der Waals surface area contributed by atoms with Gasteiger partial charge in [-0.2, -0.15) is 0 Å². The van der Waals surface area contributed by atoms with Crippen LogP contribution in [0.5, 0.6) is 23.0 Å². The monoisotopic (exact) mass is 693 g/mol. The van der Waals surface area contributed by atoms with Crippen molar-refractivity contribution in [2.45, 2.75) is 0 Å².